The average Bonchev–Trinajstić information content (AvgIpc) is 2.46. The van der Waals surface area contributed by atoms with E-state index in [0.717, 1.165) is 0 Å². The van der Waals surface area contributed by atoms with E-state index in [1.807, 2.05) is 0 Å². The second-order valence-electron chi connectivity index (χ2n) is 3.67. The number of esters is 2. The molecule has 7 heteroatoms. The van der Waals surface area contributed by atoms with Gasteiger partial charge in [-0.3, -0.25) is 0 Å². The van der Waals surface area contributed by atoms with Crippen molar-refractivity contribution in [3.05, 3.63) is 29.3 Å². The van der Waals surface area contributed by atoms with Crippen molar-refractivity contribution >= 4 is 11.9 Å². The maximum atomic E-state index is 11.7. The van der Waals surface area contributed by atoms with Crippen LogP contribution in [0.5, 0.6) is 5.75 Å². The molecule has 0 aromatic heterocycles. The number of benzene rings is 1. The minimum atomic E-state index is -0.742. The van der Waals surface area contributed by atoms with Crippen molar-refractivity contribution in [2.45, 2.75) is 0 Å². The molecule has 0 bridgehead atoms. The fourth-order valence-electron chi connectivity index (χ4n) is 1.32. The fourth-order valence-corrected chi connectivity index (χ4v) is 1.32. The minimum Gasteiger partial charge on any atom is -0.507 e. The van der Waals surface area contributed by atoms with Gasteiger partial charge in [0.1, 0.15) is 11.3 Å². The number of carbonyl (C=O) groups excluding carboxylic acids is 2. The molecule has 0 spiro atoms. The van der Waals surface area contributed by atoms with Gasteiger partial charge in [0, 0.05) is 7.11 Å². The van der Waals surface area contributed by atoms with Gasteiger partial charge in [-0.2, -0.15) is 0 Å². The molecular formula is C13H16O7. The molecule has 0 aliphatic carbocycles. The number of aromatic hydroxyl groups is 1. The van der Waals surface area contributed by atoms with Crippen molar-refractivity contribution in [1.29, 1.82) is 0 Å². The number of ether oxygens (including phenoxy) is 4. The van der Waals surface area contributed by atoms with Crippen molar-refractivity contribution in [2.75, 3.05) is 34.2 Å². The molecule has 7 nitrogen and oxygen atoms in total. The zero-order valence-electron chi connectivity index (χ0n) is 11.3. The van der Waals surface area contributed by atoms with Gasteiger partial charge in [-0.1, -0.05) is 0 Å². The molecule has 0 fully saturated rings. The Labute approximate surface area is 116 Å². The summed E-state index contributed by atoms with van der Waals surface area (Å²) in [5.41, 5.74) is 0.000734. The summed E-state index contributed by atoms with van der Waals surface area (Å²) >= 11 is 0. The summed E-state index contributed by atoms with van der Waals surface area (Å²) in [5.74, 6) is -1.69. The van der Waals surface area contributed by atoms with E-state index in [1.165, 1.54) is 32.4 Å². The molecule has 0 saturated heterocycles. The van der Waals surface area contributed by atoms with Gasteiger partial charge in [0.15, 0.2) is 6.79 Å². The largest absolute Gasteiger partial charge is 0.507 e. The van der Waals surface area contributed by atoms with Crippen LogP contribution in [0.15, 0.2) is 18.2 Å². The first-order valence-electron chi connectivity index (χ1n) is 5.75. The molecule has 0 aliphatic heterocycles. The van der Waals surface area contributed by atoms with Gasteiger partial charge in [0.25, 0.3) is 0 Å². The Morgan fingerprint density at radius 2 is 1.90 bits per heavy atom. The predicted octanol–water partition coefficient (Wildman–Crippen LogP) is 0.956. The standard InChI is InChI=1S/C13H16O7/c1-17-5-6-19-8-20-12(15)9-3-4-11(14)10(7-9)13(16)18-2/h3-4,7,14H,5-6,8H2,1-2H3. The number of hydrogen-bond donors (Lipinski definition) is 1. The van der Waals surface area contributed by atoms with E-state index in [4.69, 9.17) is 14.2 Å². The van der Waals surface area contributed by atoms with Gasteiger partial charge < -0.3 is 24.1 Å². The maximum absolute atomic E-state index is 11.7. The molecule has 0 atom stereocenters. The van der Waals surface area contributed by atoms with Crippen LogP contribution in [0.25, 0.3) is 0 Å². The van der Waals surface area contributed by atoms with E-state index in [0.29, 0.717) is 13.2 Å². The highest BCUT2D eigenvalue weighted by Crippen LogP contribution is 2.19. The Kier molecular flexibility index (Phi) is 6.48. The van der Waals surface area contributed by atoms with Crippen LogP contribution in [-0.2, 0) is 18.9 Å². The highest BCUT2D eigenvalue weighted by atomic mass is 16.7. The zero-order valence-corrected chi connectivity index (χ0v) is 11.3. The molecule has 1 aromatic rings. The van der Waals surface area contributed by atoms with Crippen LogP contribution in [0.2, 0.25) is 0 Å². The molecule has 1 N–H and O–H groups in total. The van der Waals surface area contributed by atoms with Gasteiger partial charge in [-0.25, -0.2) is 9.59 Å². The summed E-state index contributed by atoms with van der Waals surface area (Å²) < 4.78 is 19.1. The number of rotatable bonds is 7. The molecular weight excluding hydrogens is 268 g/mol. The van der Waals surface area contributed by atoms with E-state index < -0.39 is 11.9 Å². The van der Waals surface area contributed by atoms with E-state index in [2.05, 4.69) is 4.74 Å². The summed E-state index contributed by atoms with van der Waals surface area (Å²) in [6, 6.07) is 3.74. The van der Waals surface area contributed by atoms with Crippen LogP contribution >= 0.6 is 0 Å². The first-order chi connectivity index (χ1) is 9.60. The first-order valence-corrected chi connectivity index (χ1v) is 5.75. The third kappa shape index (κ3) is 4.52. The smallest absolute Gasteiger partial charge is 0.341 e. The number of phenolic OH excluding ortho intramolecular Hbond substituents is 1. The summed E-state index contributed by atoms with van der Waals surface area (Å²) in [7, 11) is 2.70. The lowest BCUT2D eigenvalue weighted by molar-refractivity contribution is -0.0435. The summed E-state index contributed by atoms with van der Waals surface area (Å²) in [6.45, 7) is 0.465. The Morgan fingerprint density at radius 3 is 2.55 bits per heavy atom. The van der Waals surface area contributed by atoms with Crippen molar-refractivity contribution < 1.29 is 33.6 Å². The first kappa shape index (κ1) is 15.9. The van der Waals surface area contributed by atoms with Crippen molar-refractivity contribution in [2.24, 2.45) is 0 Å². The summed E-state index contributed by atoms with van der Waals surface area (Å²) in [4.78, 5) is 23.1. The highest BCUT2D eigenvalue weighted by molar-refractivity contribution is 5.97. The Bertz CT molecular complexity index is 470. The molecule has 1 rings (SSSR count). The van der Waals surface area contributed by atoms with Gasteiger partial charge in [0.05, 0.1) is 25.9 Å². The third-order valence-electron chi connectivity index (χ3n) is 2.34. The number of methoxy groups -OCH3 is 2. The molecule has 20 heavy (non-hydrogen) atoms. The number of phenols is 1. The Morgan fingerprint density at radius 1 is 1.15 bits per heavy atom. The van der Waals surface area contributed by atoms with E-state index in [1.54, 1.807) is 0 Å². The van der Waals surface area contributed by atoms with Crippen LogP contribution < -0.4 is 0 Å². The van der Waals surface area contributed by atoms with Gasteiger partial charge >= 0.3 is 11.9 Å². The lowest BCUT2D eigenvalue weighted by atomic mass is 10.1. The minimum absolute atomic E-state index is 0.109. The van der Waals surface area contributed by atoms with Crippen LogP contribution in [-0.4, -0.2) is 51.3 Å². The lowest BCUT2D eigenvalue weighted by Crippen LogP contribution is -2.12. The zero-order chi connectivity index (χ0) is 15.0. The SMILES string of the molecule is COCCOCOC(=O)c1ccc(O)c(C(=O)OC)c1. The normalized spacial score (nSPS) is 10.1. The predicted molar refractivity (Wildman–Crippen MR) is 67.6 cm³/mol. The van der Waals surface area contributed by atoms with Crippen molar-refractivity contribution in [1.82, 2.24) is 0 Å². The van der Waals surface area contributed by atoms with E-state index in [9.17, 15) is 14.7 Å². The van der Waals surface area contributed by atoms with Crippen LogP contribution in [0.4, 0.5) is 0 Å². The second-order valence-corrected chi connectivity index (χ2v) is 3.67. The average molecular weight is 284 g/mol. The maximum Gasteiger partial charge on any atom is 0.341 e. The second kappa shape index (κ2) is 8.13. The van der Waals surface area contributed by atoms with Crippen LogP contribution in [0.1, 0.15) is 20.7 Å². The summed E-state index contributed by atoms with van der Waals surface area (Å²) in [6.07, 6.45) is 0. The van der Waals surface area contributed by atoms with Crippen molar-refractivity contribution in [3.8, 4) is 5.75 Å². The molecule has 0 aliphatic rings. The van der Waals surface area contributed by atoms with Gasteiger partial charge in [0.2, 0.25) is 0 Å². The third-order valence-corrected chi connectivity index (χ3v) is 2.34. The van der Waals surface area contributed by atoms with Crippen LogP contribution in [0.3, 0.4) is 0 Å². The molecule has 0 saturated carbocycles. The molecule has 1 aromatic carbocycles. The van der Waals surface area contributed by atoms with Gasteiger partial charge in [-0.15, -0.1) is 0 Å². The Balaban J connectivity index is 2.62. The monoisotopic (exact) mass is 284 g/mol. The van der Waals surface area contributed by atoms with Crippen LogP contribution in [0, 0.1) is 0 Å². The van der Waals surface area contributed by atoms with Crippen molar-refractivity contribution in [3.63, 3.8) is 0 Å². The highest BCUT2D eigenvalue weighted by Gasteiger charge is 2.16. The molecule has 110 valence electrons. The molecule has 0 radical (unpaired) electrons. The Hall–Kier alpha value is -2.12. The fraction of sp³-hybridized carbons (Fsp3) is 0.385. The molecule has 0 heterocycles. The topological polar surface area (TPSA) is 91.3 Å². The van der Waals surface area contributed by atoms with E-state index >= 15 is 0 Å². The molecule has 0 unspecified atom stereocenters. The summed E-state index contributed by atoms with van der Waals surface area (Å²) in [5, 5.41) is 9.50. The lowest BCUT2D eigenvalue weighted by Gasteiger charge is -2.07. The quantitative estimate of drug-likeness (QED) is 0.453. The number of hydrogen-bond acceptors (Lipinski definition) is 7. The van der Waals surface area contributed by atoms with E-state index in [-0.39, 0.29) is 23.7 Å². The molecule has 0 amide bonds. The van der Waals surface area contributed by atoms with Gasteiger partial charge in [-0.05, 0) is 18.2 Å². The number of carbonyl (C=O) groups is 2.